The van der Waals surface area contributed by atoms with E-state index >= 15 is 0 Å². The van der Waals surface area contributed by atoms with Crippen LogP contribution in [0, 0.1) is 5.92 Å². The number of nitrogens with zero attached hydrogens (tertiary/aromatic N) is 1. The quantitative estimate of drug-likeness (QED) is 0.810. The van der Waals surface area contributed by atoms with Crippen molar-refractivity contribution in [2.45, 2.75) is 18.9 Å². The van der Waals surface area contributed by atoms with E-state index in [0.717, 1.165) is 23.5 Å². The lowest BCUT2D eigenvalue weighted by Gasteiger charge is -2.44. The van der Waals surface area contributed by atoms with Crippen LogP contribution >= 0.6 is 0 Å². The lowest BCUT2D eigenvalue weighted by atomic mass is 9.84. The largest absolute Gasteiger partial charge is 0.388 e. The zero-order chi connectivity index (χ0) is 16.5. The maximum atomic E-state index is 12.6. The third-order valence-corrected chi connectivity index (χ3v) is 5.39. The minimum absolute atomic E-state index is 0.00634. The van der Waals surface area contributed by atoms with Crippen LogP contribution in [0.2, 0.25) is 0 Å². The lowest BCUT2D eigenvalue weighted by Crippen LogP contribution is -2.57. The van der Waals surface area contributed by atoms with Gasteiger partial charge in [0, 0.05) is 31.0 Å². The van der Waals surface area contributed by atoms with Gasteiger partial charge in [-0.25, -0.2) is 0 Å². The molecule has 2 aromatic rings. The topological polar surface area (TPSA) is 60.2 Å². The molecule has 0 unspecified atom stereocenters. The van der Waals surface area contributed by atoms with Gasteiger partial charge in [-0.3, -0.25) is 4.79 Å². The fourth-order valence-electron chi connectivity index (χ4n) is 3.89. The van der Waals surface area contributed by atoms with Crippen LogP contribution in [0.5, 0.6) is 0 Å². The Kier molecular flexibility index (Phi) is 4.02. The molecule has 5 nitrogen and oxygen atoms in total. The van der Waals surface area contributed by atoms with E-state index in [-0.39, 0.29) is 5.91 Å². The summed E-state index contributed by atoms with van der Waals surface area (Å²) in [6.45, 7) is 3.37. The maximum Gasteiger partial charge on any atom is 0.267 e. The van der Waals surface area contributed by atoms with Crippen LogP contribution in [0.4, 0.5) is 5.69 Å². The summed E-state index contributed by atoms with van der Waals surface area (Å²) in [7, 11) is 1.90. The molecule has 0 saturated carbocycles. The molecule has 3 aliphatic rings. The minimum Gasteiger partial charge on any atom is -0.388 e. The number of aromatic amines is 1. The van der Waals surface area contributed by atoms with Crippen LogP contribution in [0.15, 0.2) is 36.4 Å². The second kappa shape index (κ2) is 6.32. The number of carbonyl (C=O) groups excluding carboxylic acids is 1. The summed E-state index contributed by atoms with van der Waals surface area (Å²) < 4.78 is 0. The normalized spacial score (nSPS) is 25.5. The molecule has 5 heteroatoms. The predicted octanol–water partition coefficient (Wildman–Crippen LogP) is 2.55. The van der Waals surface area contributed by atoms with Gasteiger partial charge in [0.15, 0.2) is 0 Å². The van der Waals surface area contributed by atoms with E-state index in [4.69, 9.17) is 0 Å². The van der Waals surface area contributed by atoms with E-state index in [1.807, 2.05) is 43.4 Å². The fourth-order valence-corrected chi connectivity index (χ4v) is 3.89. The van der Waals surface area contributed by atoms with Gasteiger partial charge in [0.1, 0.15) is 5.69 Å². The highest BCUT2D eigenvalue weighted by atomic mass is 16.2. The first-order valence-electron chi connectivity index (χ1n) is 8.73. The zero-order valence-electron chi connectivity index (χ0n) is 14.0. The van der Waals surface area contributed by atoms with Crippen LogP contribution in [-0.2, 0) is 0 Å². The first kappa shape index (κ1) is 15.3. The van der Waals surface area contributed by atoms with Crippen molar-refractivity contribution in [2.75, 3.05) is 32.0 Å². The Morgan fingerprint density at radius 2 is 1.88 bits per heavy atom. The summed E-state index contributed by atoms with van der Waals surface area (Å²) in [6, 6.07) is 12.3. The summed E-state index contributed by atoms with van der Waals surface area (Å²) >= 11 is 0. The Bertz CT molecular complexity index is 713. The van der Waals surface area contributed by atoms with Crippen molar-refractivity contribution in [3.63, 3.8) is 0 Å². The molecule has 3 N–H and O–H groups in total. The molecule has 3 saturated heterocycles. The van der Waals surface area contributed by atoms with Crippen LogP contribution in [0.1, 0.15) is 23.3 Å². The molecule has 4 heterocycles. The number of piperidine rings is 3. The lowest BCUT2D eigenvalue weighted by molar-refractivity contribution is 0.0618. The second-order valence-corrected chi connectivity index (χ2v) is 6.83. The third-order valence-electron chi connectivity index (χ3n) is 5.39. The van der Waals surface area contributed by atoms with Gasteiger partial charge < -0.3 is 20.5 Å². The van der Waals surface area contributed by atoms with Crippen molar-refractivity contribution in [3.05, 3.63) is 42.1 Å². The number of hydrogen-bond donors (Lipinski definition) is 3. The number of aromatic nitrogens is 1. The zero-order valence-corrected chi connectivity index (χ0v) is 14.0. The van der Waals surface area contributed by atoms with Crippen molar-refractivity contribution in [1.29, 1.82) is 0 Å². The molecule has 1 aromatic carbocycles. The predicted molar refractivity (Wildman–Crippen MR) is 96.2 cm³/mol. The summed E-state index contributed by atoms with van der Waals surface area (Å²) in [5.74, 6) is 0.648. The fraction of sp³-hybridized carbons (Fsp3) is 0.421. The molecule has 0 spiro atoms. The Labute approximate surface area is 142 Å². The van der Waals surface area contributed by atoms with E-state index in [1.54, 1.807) is 0 Å². The molecule has 5 rings (SSSR count). The Morgan fingerprint density at radius 3 is 2.50 bits per heavy atom. The first-order valence-corrected chi connectivity index (χ1v) is 8.73. The molecule has 1 amide bonds. The SMILES string of the molecule is CNc1ccc(-c2ccc(C(=O)N[C@H]3CN4CCC3CC4)[nH]2)cc1. The molecule has 1 aromatic heterocycles. The molecule has 0 radical (unpaired) electrons. The number of carbonyl (C=O) groups is 1. The van der Waals surface area contributed by atoms with E-state index in [2.05, 4.69) is 20.5 Å². The summed E-state index contributed by atoms with van der Waals surface area (Å²) in [5.41, 5.74) is 3.76. The van der Waals surface area contributed by atoms with Gasteiger partial charge in [0.25, 0.3) is 5.91 Å². The average Bonchev–Trinajstić information content (AvgIpc) is 3.13. The van der Waals surface area contributed by atoms with E-state index in [9.17, 15) is 4.79 Å². The van der Waals surface area contributed by atoms with Crippen LogP contribution in [-0.4, -0.2) is 48.5 Å². The summed E-state index contributed by atoms with van der Waals surface area (Å²) in [6.07, 6.45) is 2.41. The van der Waals surface area contributed by atoms with Crippen molar-refractivity contribution in [3.8, 4) is 11.3 Å². The van der Waals surface area contributed by atoms with Gasteiger partial charge in [0.2, 0.25) is 0 Å². The maximum absolute atomic E-state index is 12.6. The molecular weight excluding hydrogens is 300 g/mol. The number of rotatable bonds is 4. The number of H-pyrrole nitrogens is 1. The number of hydrogen-bond acceptors (Lipinski definition) is 3. The molecule has 3 fully saturated rings. The Hall–Kier alpha value is -2.27. The highest BCUT2D eigenvalue weighted by molar-refractivity contribution is 5.93. The van der Waals surface area contributed by atoms with E-state index in [0.29, 0.717) is 17.7 Å². The van der Waals surface area contributed by atoms with Gasteiger partial charge in [0.05, 0.1) is 0 Å². The van der Waals surface area contributed by atoms with Crippen LogP contribution in [0.25, 0.3) is 11.3 Å². The van der Waals surface area contributed by atoms with Crippen LogP contribution < -0.4 is 10.6 Å². The number of benzene rings is 1. The Balaban J connectivity index is 1.44. The molecule has 1 atom stereocenters. The number of nitrogens with one attached hydrogen (secondary N) is 3. The summed E-state index contributed by atoms with van der Waals surface area (Å²) in [5, 5.41) is 6.34. The van der Waals surface area contributed by atoms with Crippen molar-refractivity contribution < 1.29 is 4.79 Å². The number of amides is 1. The molecular formula is C19H24N4O. The average molecular weight is 324 g/mol. The van der Waals surface area contributed by atoms with Crippen molar-refractivity contribution in [2.24, 2.45) is 5.92 Å². The Morgan fingerprint density at radius 1 is 1.12 bits per heavy atom. The highest BCUT2D eigenvalue weighted by Crippen LogP contribution is 2.28. The van der Waals surface area contributed by atoms with Gasteiger partial charge in [-0.1, -0.05) is 12.1 Å². The minimum atomic E-state index is 0.00634. The van der Waals surface area contributed by atoms with Gasteiger partial charge in [-0.05, 0) is 61.7 Å². The number of anilines is 1. The third kappa shape index (κ3) is 2.91. The van der Waals surface area contributed by atoms with Crippen molar-refractivity contribution >= 4 is 11.6 Å². The molecule has 24 heavy (non-hydrogen) atoms. The smallest absolute Gasteiger partial charge is 0.267 e. The second-order valence-electron chi connectivity index (χ2n) is 6.83. The van der Waals surface area contributed by atoms with Gasteiger partial charge in [-0.2, -0.15) is 0 Å². The monoisotopic (exact) mass is 324 g/mol. The van der Waals surface area contributed by atoms with Crippen LogP contribution in [0.3, 0.4) is 0 Å². The molecule has 3 aliphatic heterocycles. The standard InChI is InChI=1S/C19H24N4O/c1-20-15-4-2-13(3-5-15)16-6-7-17(21-16)19(24)22-18-12-23-10-8-14(18)9-11-23/h2-7,14,18,20-21H,8-12H2,1H3,(H,22,24)/t18-/m0/s1. The molecule has 126 valence electrons. The number of fused-ring (bicyclic) bond motifs is 3. The highest BCUT2D eigenvalue weighted by Gasteiger charge is 2.35. The van der Waals surface area contributed by atoms with E-state index < -0.39 is 0 Å². The molecule has 0 aliphatic carbocycles. The van der Waals surface area contributed by atoms with Gasteiger partial charge in [-0.15, -0.1) is 0 Å². The first-order chi connectivity index (χ1) is 11.7. The van der Waals surface area contributed by atoms with Gasteiger partial charge >= 0.3 is 0 Å². The molecule has 2 bridgehead atoms. The summed E-state index contributed by atoms with van der Waals surface area (Å²) in [4.78, 5) is 18.3. The van der Waals surface area contributed by atoms with Crippen molar-refractivity contribution in [1.82, 2.24) is 15.2 Å². The van der Waals surface area contributed by atoms with E-state index in [1.165, 1.54) is 25.9 Å².